The van der Waals surface area contributed by atoms with Gasteiger partial charge in [-0.3, -0.25) is 14.9 Å². The highest BCUT2D eigenvalue weighted by molar-refractivity contribution is 5.95. The highest BCUT2D eigenvalue weighted by Crippen LogP contribution is 2.30. The number of amides is 1. The number of rotatable bonds is 5. The number of ether oxygens (including phenoxy) is 1. The minimum atomic E-state index is -0.514. The number of benzene rings is 1. The molecule has 7 heteroatoms. The Hall–Kier alpha value is -2.15. The highest BCUT2D eigenvalue weighted by Gasteiger charge is 2.32. The maximum atomic E-state index is 12.8. The fourth-order valence-corrected chi connectivity index (χ4v) is 3.46. The summed E-state index contributed by atoms with van der Waals surface area (Å²) in [5.74, 6) is -0.0333. The topological polar surface area (TPSA) is 75.9 Å². The minimum Gasteiger partial charge on any atom is -0.490 e. The maximum absolute atomic E-state index is 12.8. The Bertz CT molecular complexity index is 618. The first-order chi connectivity index (χ1) is 11.4. The van der Waals surface area contributed by atoms with Crippen molar-refractivity contribution in [1.82, 2.24) is 9.80 Å². The molecule has 0 N–H and O–H groups in total. The molecule has 1 saturated carbocycles. The number of methoxy groups -OCH3 is 1. The summed E-state index contributed by atoms with van der Waals surface area (Å²) < 4.78 is 5.06. The Morgan fingerprint density at radius 3 is 2.38 bits per heavy atom. The highest BCUT2D eigenvalue weighted by atomic mass is 16.6. The van der Waals surface area contributed by atoms with Crippen LogP contribution in [0, 0.1) is 10.1 Å². The normalized spacial score (nSPS) is 20.7. The molecule has 24 heavy (non-hydrogen) atoms. The van der Waals surface area contributed by atoms with Gasteiger partial charge in [0, 0.05) is 36.8 Å². The van der Waals surface area contributed by atoms with Crippen LogP contribution >= 0.6 is 0 Å². The van der Waals surface area contributed by atoms with Crippen LogP contribution in [0.15, 0.2) is 18.2 Å². The number of carbonyl (C=O) groups excluding carboxylic acids is 1. The van der Waals surface area contributed by atoms with E-state index in [1.807, 2.05) is 21.1 Å². The van der Waals surface area contributed by atoms with E-state index in [1.54, 1.807) is 4.90 Å². The second-order valence-electron chi connectivity index (χ2n) is 6.44. The lowest BCUT2D eigenvalue weighted by atomic mass is 9.88. The molecule has 7 nitrogen and oxygen atoms in total. The molecule has 1 fully saturated rings. The monoisotopic (exact) mass is 335 g/mol. The van der Waals surface area contributed by atoms with Crippen molar-refractivity contribution in [1.29, 1.82) is 0 Å². The molecule has 2 rings (SSSR count). The predicted molar refractivity (Wildman–Crippen MR) is 91.5 cm³/mol. The van der Waals surface area contributed by atoms with E-state index in [0.717, 1.165) is 19.3 Å². The van der Waals surface area contributed by atoms with Crippen LogP contribution in [-0.4, -0.2) is 61.0 Å². The third kappa shape index (κ3) is 3.67. The van der Waals surface area contributed by atoms with Crippen LogP contribution in [0.25, 0.3) is 0 Å². The van der Waals surface area contributed by atoms with E-state index in [4.69, 9.17) is 4.74 Å². The van der Waals surface area contributed by atoms with Crippen molar-refractivity contribution in [3.63, 3.8) is 0 Å². The minimum absolute atomic E-state index is 0.104. The summed E-state index contributed by atoms with van der Waals surface area (Å²) in [5, 5.41) is 11.0. The molecule has 0 unspecified atom stereocenters. The molecular weight excluding hydrogens is 310 g/mol. The number of carbonyl (C=O) groups is 1. The largest absolute Gasteiger partial charge is 0.490 e. The van der Waals surface area contributed by atoms with Crippen molar-refractivity contribution in [2.45, 2.75) is 37.8 Å². The average Bonchev–Trinajstić information content (AvgIpc) is 2.59. The van der Waals surface area contributed by atoms with E-state index in [0.29, 0.717) is 11.6 Å². The molecule has 1 aliphatic carbocycles. The third-order valence-corrected chi connectivity index (χ3v) is 4.80. The number of hydrogen-bond acceptors (Lipinski definition) is 5. The Balaban J connectivity index is 2.25. The van der Waals surface area contributed by atoms with E-state index < -0.39 is 4.92 Å². The summed E-state index contributed by atoms with van der Waals surface area (Å²) in [5.41, 5.74) is 0.267. The number of likely N-dealkylation sites (N-methyl/N-ethyl adjacent to an activating group) is 2. The third-order valence-electron chi connectivity index (χ3n) is 4.80. The molecule has 0 aliphatic heterocycles. The molecule has 0 saturated heterocycles. The van der Waals surface area contributed by atoms with E-state index >= 15 is 0 Å². The van der Waals surface area contributed by atoms with E-state index in [1.165, 1.54) is 31.7 Å². The Kier molecular flexibility index (Phi) is 5.77. The molecule has 1 aliphatic rings. The second-order valence-corrected chi connectivity index (χ2v) is 6.44. The maximum Gasteiger partial charge on any atom is 0.310 e. The van der Waals surface area contributed by atoms with Gasteiger partial charge in [-0.05, 0) is 33.0 Å². The molecule has 0 radical (unpaired) electrons. The van der Waals surface area contributed by atoms with Crippen molar-refractivity contribution < 1.29 is 14.5 Å². The SMILES string of the molecule is COc1cc(C(=O)N(C)[C@@H]2CCCC[C@H]2N(C)C)ccc1[N+](=O)[O-]. The quantitative estimate of drug-likeness (QED) is 0.610. The first-order valence-corrected chi connectivity index (χ1v) is 8.12. The summed E-state index contributed by atoms with van der Waals surface area (Å²) in [6.45, 7) is 0. The summed E-state index contributed by atoms with van der Waals surface area (Å²) in [6, 6.07) is 4.73. The number of nitro groups is 1. The van der Waals surface area contributed by atoms with Crippen molar-refractivity contribution in [2.24, 2.45) is 0 Å². The van der Waals surface area contributed by atoms with Crippen LogP contribution in [0.2, 0.25) is 0 Å². The zero-order valence-corrected chi connectivity index (χ0v) is 14.7. The van der Waals surface area contributed by atoms with Gasteiger partial charge >= 0.3 is 5.69 Å². The lowest BCUT2D eigenvalue weighted by molar-refractivity contribution is -0.385. The fourth-order valence-electron chi connectivity index (χ4n) is 3.46. The van der Waals surface area contributed by atoms with Crippen molar-refractivity contribution >= 4 is 11.6 Å². The van der Waals surface area contributed by atoms with Gasteiger partial charge in [-0.25, -0.2) is 0 Å². The molecular formula is C17H25N3O4. The molecule has 1 aromatic carbocycles. The standard InChI is InChI=1S/C17H25N3O4/c1-18(2)13-7-5-6-8-14(13)19(3)17(21)12-9-10-15(20(22)23)16(11-12)24-4/h9-11,13-14H,5-8H2,1-4H3/t13-,14-/m1/s1. The summed E-state index contributed by atoms with van der Waals surface area (Å²) in [7, 11) is 7.25. The first-order valence-electron chi connectivity index (χ1n) is 8.12. The van der Waals surface area contributed by atoms with Gasteiger partial charge in [0.2, 0.25) is 0 Å². The lowest BCUT2D eigenvalue weighted by Crippen LogP contribution is -2.51. The van der Waals surface area contributed by atoms with Crippen molar-refractivity contribution in [2.75, 3.05) is 28.3 Å². The van der Waals surface area contributed by atoms with Crippen molar-refractivity contribution in [3.8, 4) is 5.75 Å². The second kappa shape index (κ2) is 7.61. The Labute approximate surface area is 142 Å². The van der Waals surface area contributed by atoms with Crippen LogP contribution in [0.1, 0.15) is 36.0 Å². The first kappa shape index (κ1) is 18.2. The predicted octanol–water partition coefficient (Wildman–Crippen LogP) is 2.55. The van der Waals surface area contributed by atoms with E-state index in [9.17, 15) is 14.9 Å². The van der Waals surface area contributed by atoms with Gasteiger partial charge in [0.05, 0.1) is 12.0 Å². The molecule has 0 heterocycles. The fraction of sp³-hybridized carbons (Fsp3) is 0.588. The van der Waals surface area contributed by atoms with Crippen LogP contribution < -0.4 is 4.74 Å². The molecule has 0 aromatic heterocycles. The smallest absolute Gasteiger partial charge is 0.310 e. The van der Waals surface area contributed by atoms with E-state index in [2.05, 4.69) is 4.90 Å². The summed E-state index contributed by atoms with van der Waals surface area (Å²) >= 11 is 0. The van der Waals surface area contributed by atoms with Gasteiger partial charge < -0.3 is 14.5 Å². The van der Waals surface area contributed by atoms with Gasteiger partial charge in [-0.1, -0.05) is 12.8 Å². The molecule has 1 amide bonds. The van der Waals surface area contributed by atoms with E-state index in [-0.39, 0.29) is 23.4 Å². The molecule has 2 atom stereocenters. The number of hydrogen-bond donors (Lipinski definition) is 0. The van der Waals surface area contributed by atoms with Gasteiger partial charge in [0.25, 0.3) is 5.91 Å². The van der Waals surface area contributed by atoms with Crippen LogP contribution in [0.3, 0.4) is 0 Å². The summed E-state index contributed by atoms with van der Waals surface area (Å²) in [4.78, 5) is 27.3. The molecule has 0 bridgehead atoms. The molecule has 0 spiro atoms. The Morgan fingerprint density at radius 2 is 1.83 bits per heavy atom. The summed E-state index contributed by atoms with van der Waals surface area (Å²) in [6.07, 6.45) is 4.32. The number of nitrogens with zero attached hydrogens (tertiary/aromatic N) is 3. The van der Waals surface area contributed by atoms with Crippen LogP contribution in [0.5, 0.6) is 5.75 Å². The van der Waals surface area contributed by atoms with Crippen molar-refractivity contribution in [3.05, 3.63) is 33.9 Å². The Morgan fingerprint density at radius 1 is 1.21 bits per heavy atom. The van der Waals surface area contributed by atoms with Gasteiger partial charge in [-0.15, -0.1) is 0 Å². The average molecular weight is 335 g/mol. The molecule has 1 aromatic rings. The van der Waals surface area contributed by atoms with Gasteiger partial charge in [-0.2, -0.15) is 0 Å². The zero-order valence-electron chi connectivity index (χ0n) is 14.7. The zero-order chi connectivity index (χ0) is 17.9. The van der Waals surface area contributed by atoms with Gasteiger partial charge in [0.1, 0.15) is 0 Å². The van der Waals surface area contributed by atoms with Crippen LogP contribution in [-0.2, 0) is 0 Å². The lowest BCUT2D eigenvalue weighted by Gasteiger charge is -2.41. The number of nitro benzene ring substituents is 1. The molecule has 132 valence electrons. The van der Waals surface area contributed by atoms with Gasteiger partial charge in [0.15, 0.2) is 5.75 Å². The van der Waals surface area contributed by atoms with Crippen LogP contribution in [0.4, 0.5) is 5.69 Å².